The molecule has 3 fully saturated rings. The van der Waals surface area contributed by atoms with Crippen LogP contribution in [0.2, 0.25) is 0 Å². The number of oxazole rings is 1. The lowest BCUT2D eigenvalue weighted by atomic mass is 9.88. The maximum Gasteiger partial charge on any atom is 0.224 e. The molecule has 1 amide bonds. The molecule has 3 aliphatic rings. The number of benzene rings is 2. The number of carbonyl (C=O) groups is 1. The average Bonchev–Trinajstić information content (AvgIpc) is 3.61. The molecule has 2 heterocycles. The first kappa shape index (κ1) is 27.1. The zero-order valence-electron chi connectivity index (χ0n) is 22.3. The zero-order chi connectivity index (χ0) is 27.1. The monoisotopic (exact) mass is 544 g/mol. The lowest BCUT2D eigenvalue weighted by Gasteiger charge is -2.28. The molecule has 39 heavy (non-hydrogen) atoms. The van der Waals surface area contributed by atoms with E-state index in [-0.39, 0.29) is 11.8 Å². The van der Waals surface area contributed by atoms with E-state index in [9.17, 15) is 9.00 Å². The van der Waals surface area contributed by atoms with Gasteiger partial charge >= 0.3 is 0 Å². The van der Waals surface area contributed by atoms with E-state index in [0.29, 0.717) is 6.42 Å². The van der Waals surface area contributed by atoms with Crippen LogP contribution in [0.1, 0.15) is 56.4 Å². The van der Waals surface area contributed by atoms with Crippen molar-refractivity contribution in [2.45, 2.75) is 56.9 Å². The molecule has 2 aliphatic carbocycles. The molecule has 0 radical (unpaired) electrons. The molecule has 2 saturated carbocycles. The van der Waals surface area contributed by atoms with Gasteiger partial charge in [0.25, 0.3) is 0 Å². The van der Waals surface area contributed by atoms with Crippen molar-refractivity contribution < 1.29 is 13.4 Å². The molecule has 7 nitrogen and oxygen atoms in total. The second-order valence-electron chi connectivity index (χ2n) is 10.7. The van der Waals surface area contributed by atoms with Gasteiger partial charge in [0.2, 0.25) is 5.91 Å². The lowest BCUT2D eigenvalue weighted by Crippen LogP contribution is -2.40. The fourth-order valence-electron chi connectivity index (χ4n) is 5.13. The third kappa shape index (κ3) is 7.36. The predicted molar refractivity (Wildman–Crippen MR) is 154 cm³/mol. The fourth-order valence-corrected chi connectivity index (χ4v) is 6.18. The number of nitrogens with zero attached hydrogens (tertiary/aromatic N) is 3. The van der Waals surface area contributed by atoms with Gasteiger partial charge in [-0.3, -0.25) is 9.00 Å². The summed E-state index contributed by atoms with van der Waals surface area (Å²) in [6.45, 7) is 1.72. The largest absolute Gasteiger partial charge is 0.448 e. The molecule has 1 saturated heterocycles. The van der Waals surface area contributed by atoms with Crippen LogP contribution < -0.4 is 10.2 Å². The van der Waals surface area contributed by atoms with Crippen LogP contribution >= 0.6 is 0 Å². The highest BCUT2D eigenvalue weighted by Gasteiger charge is 2.45. The van der Waals surface area contributed by atoms with Crippen molar-refractivity contribution in [1.82, 2.24) is 10.3 Å². The number of hydrogen-bond acceptors (Lipinski definition) is 6. The Kier molecular flexibility index (Phi) is 8.77. The number of anilines is 1. The Hall–Kier alpha value is -3.44. The molecule has 0 spiro atoms. The molecule has 1 aliphatic heterocycles. The number of rotatable bonds is 6. The zero-order valence-corrected chi connectivity index (χ0v) is 23.1. The Balaban J connectivity index is 0.000000186. The minimum absolute atomic E-state index is 0.115. The summed E-state index contributed by atoms with van der Waals surface area (Å²) in [5.41, 5.74) is 3.79. The molecule has 3 aromatic rings. The quantitative estimate of drug-likeness (QED) is 0.456. The predicted octanol–water partition coefficient (Wildman–Crippen LogP) is 5.24. The third-order valence-corrected chi connectivity index (χ3v) is 9.03. The van der Waals surface area contributed by atoms with Crippen LogP contribution in [0.25, 0.3) is 11.3 Å². The van der Waals surface area contributed by atoms with E-state index < -0.39 is 16.3 Å². The molecular weight excluding hydrogens is 508 g/mol. The van der Waals surface area contributed by atoms with Crippen LogP contribution in [-0.2, 0) is 22.0 Å². The van der Waals surface area contributed by atoms with E-state index in [4.69, 9.17) is 9.68 Å². The van der Waals surface area contributed by atoms with Gasteiger partial charge in [-0.15, -0.1) is 0 Å². The van der Waals surface area contributed by atoms with Gasteiger partial charge in [0.05, 0.1) is 6.07 Å². The number of carbonyl (C=O) groups excluding carboxylic acids is 1. The minimum Gasteiger partial charge on any atom is -0.448 e. The second-order valence-corrected chi connectivity index (χ2v) is 12.4. The number of amides is 1. The molecule has 1 N–H and O–H groups in total. The van der Waals surface area contributed by atoms with Gasteiger partial charge in [-0.25, -0.2) is 4.98 Å². The molecule has 8 heteroatoms. The van der Waals surface area contributed by atoms with Crippen molar-refractivity contribution in [3.8, 4) is 17.3 Å². The summed E-state index contributed by atoms with van der Waals surface area (Å²) < 4.78 is 17.1. The Morgan fingerprint density at radius 2 is 1.74 bits per heavy atom. The number of hydrogen-bond donors (Lipinski definition) is 1. The summed E-state index contributed by atoms with van der Waals surface area (Å²) in [4.78, 5) is 18.6. The van der Waals surface area contributed by atoms with Crippen molar-refractivity contribution >= 4 is 22.4 Å². The van der Waals surface area contributed by atoms with Crippen molar-refractivity contribution in [1.29, 1.82) is 5.26 Å². The highest BCUT2D eigenvalue weighted by atomic mass is 32.2. The first-order chi connectivity index (χ1) is 19.0. The Morgan fingerprint density at radius 3 is 2.38 bits per heavy atom. The topological polar surface area (TPSA) is 99.2 Å². The Morgan fingerprint density at radius 1 is 1.05 bits per heavy atom. The Bertz CT molecular complexity index is 1300. The first-order valence-corrected chi connectivity index (χ1v) is 15.4. The number of aromatic nitrogens is 1. The van der Waals surface area contributed by atoms with Gasteiger partial charge in [0.1, 0.15) is 17.5 Å². The van der Waals surface area contributed by atoms with Gasteiger partial charge in [0, 0.05) is 59.0 Å². The minimum atomic E-state index is -0.647. The van der Waals surface area contributed by atoms with Gasteiger partial charge in [0.15, 0.2) is 5.89 Å². The summed E-state index contributed by atoms with van der Waals surface area (Å²) in [6.07, 6.45) is 9.69. The van der Waals surface area contributed by atoms with E-state index in [1.807, 2.05) is 18.2 Å². The van der Waals surface area contributed by atoms with Crippen molar-refractivity contribution in [2.24, 2.45) is 5.92 Å². The van der Waals surface area contributed by atoms with Gasteiger partial charge in [-0.1, -0.05) is 61.7 Å². The molecular formula is C31H36N4O3S. The molecule has 204 valence electrons. The van der Waals surface area contributed by atoms with Crippen molar-refractivity contribution in [3.05, 3.63) is 72.3 Å². The van der Waals surface area contributed by atoms with Crippen LogP contribution in [-0.4, -0.2) is 45.2 Å². The van der Waals surface area contributed by atoms with Crippen LogP contribution in [0.4, 0.5) is 5.69 Å². The van der Waals surface area contributed by atoms with E-state index in [1.165, 1.54) is 17.7 Å². The van der Waals surface area contributed by atoms with E-state index >= 15 is 0 Å². The van der Waals surface area contributed by atoms with Crippen molar-refractivity contribution in [3.63, 3.8) is 0 Å². The Labute approximate surface area is 233 Å². The normalized spacial score (nSPS) is 18.9. The van der Waals surface area contributed by atoms with Crippen molar-refractivity contribution in [2.75, 3.05) is 29.5 Å². The second kappa shape index (κ2) is 12.6. The summed E-state index contributed by atoms with van der Waals surface area (Å²) >= 11 is 0. The molecule has 0 atom stereocenters. The summed E-state index contributed by atoms with van der Waals surface area (Å²) in [5, 5.41) is 11.7. The molecule has 2 aromatic carbocycles. The van der Waals surface area contributed by atoms with Gasteiger partial charge in [-0.2, -0.15) is 5.26 Å². The van der Waals surface area contributed by atoms with Gasteiger partial charge in [-0.05, 0) is 43.4 Å². The molecule has 0 unspecified atom stereocenters. The maximum atomic E-state index is 11.8. The highest BCUT2D eigenvalue weighted by molar-refractivity contribution is 7.85. The summed E-state index contributed by atoms with van der Waals surface area (Å²) in [7, 11) is -0.647. The fraction of sp³-hybridized carbons (Fsp3) is 0.452. The average molecular weight is 545 g/mol. The number of nitriles is 1. The standard InChI is InChI=1S/C20H20N2O2S.C11H16N2O/c23-25-12-10-22(11-13-25)18-8-6-17(7-9-18)19-15-24-20(21-19)14-16-4-2-1-3-5-16;12-8-11(6-7-11)13-10(14)9-4-2-1-3-5-9/h1-9,15H,10-14H2;9H,1-7H2,(H,13,14). The van der Waals surface area contributed by atoms with Crippen LogP contribution in [0, 0.1) is 17.2 Å². The maximum absolute atomic E-state index is 11.8. The first-order valence-electron chi connectivity index (χ1n) is 14.0. The van der Waals surface area contributed by atoms with Gasteiger partial charge < -0.3 is 14.6 Å². The van der Waals surface area contributed by atoms with Crippen LogP contribution in [0.15, 0.2) is 65.3 Å². The summed E-state index contributed by atoms with van der Waals surface area (Å²) in [5.74, 6) is 2.53. The third-order valence-electron chi connectivity index (χ3n) is 7.76. The van der Waals surface area contributed by atoms with E-state index in [1.54, 1.807) is 6.26 Å². The van der Waals surface area contributed by atoms with E-state index in [0.717, 1.165) is 80.3 Å². The molecule has 0 bridgehead atoms. The van der Waals surface area contributed by atoms with Crippen LogP contribution in [0.3, 0.4) is 0 Å². The summed E-state index contributed by atoms with van der Waals surface area (Å²) in [6, 6.07) is 20.7. The molecule has 1 aromatic heterocycles. The smallest absolute Gasteiger partial charge is 0.224 e. The highest BCUT2D eigenvalue weighted by Crippen LogP contribution is 2.35. The SMILES string of the molecule is N#CC1(NC(=O)C2CCCCC2)CC1.O=S1CCN(c2ccc(-c3coc(Cc4ccccc4)n3)cc2)CC1. The number of nitrogens with one attached hydrogen (secondary N) is 1. The molecule has 6 rings (SSSR count). The van der Waals surface area contributed by atoms with E-state index in [2.05, 4.69) is 57.7 Å². The van der Waals surface area contributed by atoms with Crippen LogP contribution in [0.5, 0.6) is 0 Å². The lowest BCUT2D eigenvalue weighted by molar-refractivity contribution is -0.126.